The Morgan fingerprint density at radius 2 is 1.83 bits per heavy atom. The maximum atomic E-state index is 13.4. The van der Waals surface area contributed by atoms with E-state index < -0.39 is 0 Å². The van der Waals surface area contributed by atoms with Crippen molar-refractivity contribution in [2.24, 2.45) is 0 Å². The highest BCUT2D eigenvalue weighted by atomic mass is 16.5. The second kappa shape index (κ2) is 8.10. The summed E-state index contributed by atoms with van der Waals surface area (Å²) in [6.07, 6.45) is 3.56. The molecule has 29 heavy (non-hydrogen) atoms. The molecule has 0 saturated carbocycles. The van der Waals surface area contributed by atoms with Crippen LogP contribution in [-0.2, 0) is 0 Å². The Labute approximate surface area is 171 Å². The van der Waals surface area contributed by atoms with Gasteiger partial charge in [-0.15, -0.1) is 0 Å². The van der Waals surface area contributed by atoms with E-state index in [0.717, 1.165) is 53.8 Å². The lowest BCUT2D eigenvalue weighted by Gasteiger charge is -2.25. The Hall–Kier alpha value is -3.10. The Kier molecular flexibility index (Phi) is 5.37. The first-order valence-electron chi connectivity index (χ1n) is 10.1. The number of methoxy groups -OCH3 is 1. The Balaban J connectivity index is 1.85. The van der Waals surface area contributed by atoms with E-state index in [-0.39, 0.29) is 5.78 Å². The van der Waals surface area contributed by atoms with Gasteiger partial charge in [-0.05, 0) is 57.1 Å². The average molecular weight is 387 g/mol. The first-order valence-corrected chi connectivity index (χ1v) is 10.1. The van der Waals surface area contributed by atoms with Crippen molar-refractivity contribution in [2.45, 2.75) is 26.2 Å². The van der Waals surface area contributed by atoms with Gasteiger partial charge in [0.2, 0.25) is 0 Å². The summed E-state index contributed by atoms with van der Waals surface area (Å²) in [6.45, 7) is 11.6. The Morgan fingerprint density at radius 3 is 2.48 bits per heavy atom. The second-order valence-electron chi connectivity index (χ2n) is 7.54. The number of carbonyl (C=O) groups is 1. The van der Waals surface area contributed by atoms with Crippen LogP contribution >= 0.6 is 0 Å². The molecule has 0 amide bonds. The number of ether oxygens (including phenoxy) is 1. The molecule has 0 N–H and O–H groups in total. The third-order valence-corrected chi connectivity index (χ3v) is 5.74. The van der Waals surface area contributed by atoms with Gasteiger partial charge in [-0.2, -0.15) is 0 Å². The summed E-state index contributed by atoms with van der Waals surface area (Å²) in [5.74, 6) is 0.847. The fourth-order valence-corrected chi connectivity index (χ4v) is 4.35. The predicted molar refractivity (Wildman–Crippen MR) is 115 cm³/mol. The number of carbonyl (C=O) groups excluding carboxylic acids is 1. The molecule has 5 nitrogen and oxygen atoms in total. The summed E-state index contributed by atoms with van der Waals surface area (Å²) in [5.41, 5.74) is 4.12. The number of aromatic nitrogens is 1. The van der Waals surface area contributed by atoms with Crippen molar-refractivity contribution in [2.75, 3.05) is 26.7 Å². The van der Waals surface area contributed by atoms with E-state index in [1.54, 1.807) is 7.11 Å². The van der Waals surface area contributed by atoms with Gasteiger partial charge in [-0.1, -0.05) is 24.6 Å². The van der Waals surface area contributed by atoms with Gasteiger partial charge in [0.05, 0.1) is 36.7 Å². The molecule has 0 bridgehead atoms. The van der Waals surface area contributed by atoms with Crippen LogP contribution in [0, 0.1) is 13.5 Å². The molecule has 0 aliphatic carbocycles. The standard InChI is InChI=1S/C24H25N3O2/c1-17-23(21(28)16-26-14-5-4-6-15-26)24-20(8-7-9-22(24)29-3)27(17)19-12-10-18(25-2)11-13-19/h7-13H,4-6,14-16H2,1,3H3. The monoisotopic (exact) mass is 387 g/mol. The van der Waals surface area contributed by atoms with Crippen LogP contribution < -0.4 is 4.74 Å². The summed E-state index contributed by atoms with van der Waals surface area (Å²) in [6, 6.07) is 13.4. The normalized spacial score (nSPS) is 14.7. The maximum Gasteiger partial charge on any atom is 0.187 e. The SMILES string of the molecule is [C-]#[N+]c1ccc(-n2c(C)c(C(=O)CN3CCCCC3)c3c(OC)cccc32)cc1. The van der Waals surface area contributed by atoms with E-state index in [1.165, 1.54) is 6.42 Å². The molecule has 2 aromatic carbocycles. The van der Waals surface area contributed by atoms with Gasteiger partial charge >= 0.3 is 0 Å². The zero-order chi connectivity index (χ0) is 20.4. The molecule has 4 rings (SSSR count). The third kappa shape index (κ3) is 3.52. The Morgan fingerprint density at radius 1 is 1.10 bits per heavy atom. The van der Waals surface area contributed by atoms with Gasteiger partial charge < -0.3 is 9.30 Å². The lowest BCUT2D eigenvalue weighted by molar-refractivity contribution is 0.0916. The van der Waals surface area contributed by atoms with Gasteiger partial charge in [0.25, 0.3) is 0 Å². The fourth-order valence-electron chi connectivity index (χ4n) is 4.35. The first kappa shape index (κ1) is 19.2. The van der Waals surface area contributed by atoms with Crippen molar-refractivity contribution in [1.82, 2.24) is 9.47 Å². The molecular formula is C24H25N3O2. The quantitative estimate of drug-likeness (QED) is 0.448. The molecule has 1 fully saturated rings. The number of piperidine rings is 1. The molecule has 0 unspecified atom stereocenters. The first-order chi connectivity index (χ1) is 14.1. The van der Waals surface area contributed by atoms with Crippen LogP contribution in [0.15, 0.2) is 42.5 Å². The second-order valence-corrected chi connectivity index (χ2v) is 7.54. The van der Waals surface area contributed by atoms with Crippen LogP contribution in [0.25, 0.3) is 21.4 Å². The average Bonchev–Trinajstić information content (AvgIpc) is 3.06. The number of ketones is 1. The van der Waals surface area contributed by atoms with Crippen LogP contribution in [-0.4, -0.2) is 42.0 Å². The lowest BCUT2D eigenvalue weighted by Crippen LogP contribution is -2.34. The van der Waals surface area contributed by atoms with Gasteiger partial charge in [0.15, 0.2) is 11.5 Å². The van der Waals surface area contributed by atoms with Gasteiger partial charge in [0, 0.05) is 11.4 Å². The number of rotatable bonds is 5. The maximum absolute atomic E-state index is 13.4. The minimum absolute atomic E-state index is 0.135. The molecule has 148 valence electrons. The number of likely N-dealkylation sites (tertiary alicyclic amines) is 1. The molecule has 2 heterocycles. The molecule has 1 aromatic heterocycles. The van der Waals surface area contributed by atoms with E-state index in [0.29, 0.717) is 18.0 Å². The van der Waals surface area contributed by atoms with Crippen molar-refractivity contribution >= 4 is 22.4 Å². The zero-order valence-corrected chi connectivity index (χ0v) is 16.9. The third-order valence-electron chi connectivity index (χ3n) is 5.74. The van der Waals surface area contributed by atoms with E-state index in [2.05, 4.69) is 14.3 Å². The van der Waals surface area contributed by atoms with Gasteiger partial charge in [0.1, 0.15) is 5.75 Å². The van der Waals surface area contributed by atoms with Crippen molar-refractivity contribution < 1.29 is 9.53 Å². The van der Waals surface area contributed by atoms with E-state index in [9.17, 15) is 4.79 Å². The zero-order valence-electron chi connectivity index (χ0n) is 16.9. The minimum atomic E-state index is 0.135. The van der Waals surface area contributed by atoms with Crippen LogP contribution in [0.3, 0.4) is 0 Å². The largest absolute Gasteiger partial charge is 0.496 e. The van der Waals surface area contributed by atoms with E-state index >= 15 is 0 Å². The number of hydrogen-bond acceptors (Lipinski definition) is 3. The molecule has 1 aliphatic rings. The number of nitrogens with zero attached hydrogens (tertiary/aromatic N) is 3. The fraction of sp³-hybridized carbons (Fsp3) is 0.333. The van der Waals surface area contributed by atoms with Crippen molar-refractivity contribution in [3.8, 4) is 11.4 Å². The van der Waals surface area contributed by atoms with E-state index in [4.69, 9.17) is 11.3 Å². The lowest BCUT2D eigenvalue weighted by atomic mass is 10.0. The van der Waals surface area contributed by atoms with Crippen LogP contribution in [0.1, 0.15) is 35.3 Å². The highest BCUT2D eigenvalue weighted by molar-refractivity contribution is 6.12. The molecule has 0 radical (unpaired) electrons. The molecule has 5 heteroatoms. The highest BCUT2D eigenvalue weighted by Gasteiger charge is 2.25. The van der Waals surface area contributed by atoms with Crippen LogP contribution in [0.5, 0.6) is 5.75 Å². The van der Waals surface area contributed by atoms with Crippen LogP contribution in [0.4, 0.5) is 5.69 Å². The minimum Gasteiger partial charge on any atom is -0.496 e. The van der Waals surface area contributed by atoms with Gasteiger partial charge in [-0.25, -0.2) is 4.85 Å². The molecule has 1 saturated heterocycles. The van der Waals surface area contributed by atoms with Crippen molar-refractivity contribution in [3.63, 3.8) is 0 Å². The molecule has 0 spiro atoms. The Bertz CT molecular complexity index is 1080. The number of benzene rings is 2. The number of Topliss-reactive ketones (excluding diaryl/α,β-unsaturated/α-hetero) is 1. The van der Waals surface area contributed by atoms with Crippen LogP contribution in [0.2, 0.25) is 0 Å². The summed E-state index contributed by atoms with van der Waals surface area (Å²) in [7, 11) is 1.64. The number of fused-ring (bicyclic) bond motifs is 1. The van der Waals surface area contributed by atoms with Gasteiger partial charge in [-0.3, -0.25) is 9.69 Å². The van der Waals surface area contributed by atoms with E-state index in [1.807, 2.05) is 49.4 Å². The summed E-state index contributed by atoms with van der Waals surface area (Å²) >= 11 is 0. The van der Waals surface area contributed by atoms with Crippen molar-refractivity contribution in [3.05, 3.63) is 65.1 Å². The molecule has 3 aromatic rings. The molecule has 1 aliphatic heterocycles. The van der Waals surface area contributed by atoms with Crippen molar-refractivity contribution in [1.29, 1.82) is 0 Å². The smallest absolute Gasteiger partial charge is 0.187 e. The molecule has 0 atom stereocenters. The number of hydrogen-bond donors (Lipinski definition) is 0. The summed E-state index contributed by atoms with van der Waals surface area (Å²) in [5, 5.41) is 0.865. The highest BCUT2D eigenvalue weighted by Crippen LogP contribution is 2.36. The predicted octanol–water partition coefficient (Wildman–Crippen LogP) is 5.17. The summed E-state index contributed by atoms with van der Waals surface area (Å²) < 4.78 is 7.72. The summed E-state index contributed by atoms with van der Waals surface area (Å²) in [4.78, 5) is 19.1. The molecular weight excluding hydrogens is 362 g/mol. The topological polar surface area (TPSA) is 38.8 Å².